The van der Waals surface area contributed by atoms with E-state index in [1.165, 1.54) is 112 Å². The van der Waals surface area contributed by atoms with Crippen LogP contribution in [0.2, 0.25) is 0 Å². The Hall–Kier alpha value is -9.50. The summed E-state index contributed by atoms with van der Waals surface area (Å²) in [6, 6.07) is 88.6. The fraction of sp³-hybridized carbons (Fsp3) is 0.114. The zero-order valence-electron chi connectivity index (χ0n) is 46.5. The average Bonchev–Trinajstić information content (AvgIpc) is 3.58. The molecule has 9 aromatic rings. The van der Waals surface area contributed by atoms with Gasteiger partial charge in [-0.3, -0.25) is 0 Å². The van der Waals surface area contributed by atoms with Crippen molar-refractivity contribution in [2.75, 3.05) is 9.80 Å². The molecule has 0 N–H and O–H groups in total. The third-order valence-corrected chi connectivity index (χ3v) is 16.2. The van der Waals surface area contributed by atoms with Gasteiger partial charge in [-0.15, -0.1) is 0 Å². The number of rotatable bonds is 16. The lowest BCUT2D eigenvalue weighted by Gasteiger charge is -2.37. The number of hydrogen-bond acceptors (Lipinski definition) is 2. The molecule has 0 bridgehead atoms. The second-order valence-electron chi connectivity index (χ2n) is 21.4. The van der Waals surface area contributed by atoms with Crippen LogP contribution in [0.5, 0.6) is 0 Å². The van der Waals surface area contributed by atoms with E-state index in [9.17, 15) is 0 Å². The molecule has 9 aromatic carbocycles. The third kappa shape index (κ3) is 12.1. The second-order valence-corrected chi connectivity index (χ2v) is 21.4. The lowest BCUT2D eigenvalue weighted by molar-refractivity contribution is 0.724. The molecule has 3 aliphatic rings. The molecule has 0 amide bonds. The van der Waals surface area contributed by atoms with Crippen LogP contribution in [0.15, 0.2) is 315 Å². The molecule has 0 saturated heterocycles. The van der Waals surface area contributed by atoms with Crippen molar-refractivity contribution in [3.05, 3.63) is 337 Å². The van der Waals surface area contributed by atoms with Gasteiger partial charge in [-0.1, -0.05) is 262 Å². The van der Waals surface area contributed by atoms with Gasteiger partial charge in [0.25, 0.3) is 0 Å². The summed E-state index contributed by atoms with van der Waals surface area (Å²) in [4.78, 5) is 5.16. The van der Waals surface area contributed by atoms with Crippen LogP contribution in [0.25, 0.3) is 66.8 Å². The Labute approximate surface area is 480 Å². The fourth-order valence-electron chi connectivity index (χ4n) is 11.9. The second kappa shape index (κ2) is 24.7. The molecular formula is C79H68N2. The van der Waals surface area contributed by atoms with Crippen LogP contribution in [0.1, 0.15) is 68.2 Å². The number of benzene rings is 9. The molecule has 2 heteroatoms. The number of anilines is 2. The molecule has 0 radical (unpaired) electrons. The van der Waals surface area contributed by atoms with Crippen LogP contribution >= 0.6 is 0 Å². The van der Waals surface area contributed by atoms with Crippen molar-refractivity contribution in [1.29, 1.82) is 0 Å². The maximum Gasteiger partial charge on any atom is 0.0557 e. The topological polar surface area (TPSA) is 6.48 Å². The monoisotopic (exact) mass is 1040 g/mol. The molecule has 0 aromatic heterocycles. The normalized spacial score (nSPS) is 16.2. The fourth-order valence-corrected chi connectivity index (χ4v) is 11.9. The summed E-state index contributed by atoms with van der Waals surface area (Å²) in [5.41, 5.74) is 24.8. The van der Waals surface area contributed by atoms with Gasteiger partial charge in [0.2, 0.25) is 0 Å². The summed E-state index contributed by atoms with van der Waals surface area (Å²) < 4.78 is 0. The van der Waals surface area contributed by atoms with Gasteiger partial charge in [-0.25, -0.2) is 0 Å². The number of hydrogen-bond donors (Lipinski definition) is 0. The first-order valence-electron chi connectivity index (χ1n) is 28.9. The molecule has 0 fully saturated rings. The van der Waals surface area contributed by atoms with Gasteiger partial charge in [0.15, 0.2) is 0 Å². The molecule has 2 atom stereocenters. The zero-order chi connectivity index (χ0) is 54.7. The Kier molecular flexibility index (Phi) is 15.9. The predicted octanol–water partition coefficient (Wildman–Crippen LogP) is 21.0. The quantitative estimate of drug-likeness (QED) is 0.0890. The molecule has 12 rings (SSSR count). The van der Waals surface area contributed by atoms with E-state index in [-0.39, 0.29) is 12.1 Å². The molecule has 0 spiro atoms. The average molecular weight is 1050 g/mol. The van der Waals surface area contributed by atoms with E-state index < -0.39 is 0 Å². The van der Waals surface area contributed by atoms with Crippen molar-refractivity contribution in [3.8, 4) is 44.5 Å². The van der Waals surface area contributed by atoms with E-state index in [2.05, 4.69) is 327 Å². The number of nitrogens with zero attached hydrogens (tertiary/aromatic N) is 2. The Morgan fingerprint density at radius 2 is 0.827 bits per heavy atom. The summed E-state index contributed by atoms with van der Waals surface area (Å²) in [5.74, 6) is 0. The van der Waals surface area contributed by atoms with Crippen molar-refractivity contribution in [1.82, 2.24) is 0 Å². The molecule has 0 heterocycles. The van der Waals surface area contributed by atoms with Gasteiger partial charge >= 0.3 is 0 Å². The van der Waals surface area contributed by atoms with Crippen LogP contribution in [-0.2, 0) is 0 Å². The van der Waals surface area contributed by atoms with Crippen LogP contribution in [0.4, 0.5) is 11.4 Å². The summed E-state index contributed by atoms with van der Waals surface area (Å²) >= 11 is 0. The Balaban J connectivity index is 0.841. The molecule has 2 nitrogen and oxygen atoms in total. The highest BCUT2D eigenvalue weighted by Crippen LogP contribution is 2.41. The maximum atomic E-state index is 2.62. The van der Waals surface area contributed by atoms with Crippen LogP contribution in [0, 0.1) is 0 Å². The zero-order valence-corrected chi connectivity index (χ0v) is 46.5. The number of allylic oxidation sites excluding steroid dienone is 12. The predicted molar refractivity (Wildman–Crippen MR) is 347 cm³/mol. The lowest BCUT2D eigenvalue weighted by Crippen LogP contribution is -2.34. The summed E-state index contributed by atoms with van der Waals surface area (Å²) in [6.45, 7) is 4.54. The van der Waals surface area contributed by atoms with E-state index in [0.29, 0.717) is 0 Å². The Bertz CT molecular complexity index is 3760. The highest BCUT2D eigenvalue weighted by Gasteiger charge is 2.26. The summed E-state index contributed by atoms with van der Waals surface area (Å²) in [6.07, 6.45) is 28.4. The Morgan fingerprint density at radius 3 is 1.25 bits per heavy atom. The SMILES string of the molecule is CC/C(=C\C=C(/C)N(c1cc(-c2ccccc2)cc(-c2ccccc2)c1)C1C=CC(c2ccccc2)=CC1)c1ccc(C2=CCC(N(C3=CC=C(c4ccccc4)CC3)c3cc(-c4ccccc4)cc(-c4ccccc4)c3)C=C2)cc1. The lowest BCUT2D eigenvalue weighted by atomic mass is 9.91. The first-order chi connectivity index (χ1) is 40.0. The van der Waals surface area contributed by atoms with Crippen molar-refractivity contribution in [3.63, 3.8) is 0 Å². The van der Waals surface area contributed by atoms with E-state index in [1.807, 2.05) is 0 Å². The van der Waals surface area contributed by atoms with Crippen molar-refractivity contribution >= 4 is 33.7 Å². The van der Waals surface area contributed by atoms with E-state index in [1.54, 1.807) is 0 Å². The van der Waals surface area contributed by atoms with E-state index in [4.69, 9.17) is 0 Å². The van der Waals surface area contributed by atoms with Gasteiger partial charge in [0.1, 0.15) is 0 Å². The van der Waals surface area contributed by atoms with E-state index in [0.717, 1.165) is 32.1 Å². The van der Waals surface area contributed by atoms with Gasteiger partial charge in [0.05, 0.1) is 12.1 Å². The molecule has 0 saturated carbocycles. The highest BCUT2D eigenvalue weighted by molar-refractivity contribution is 5.84. The maximum absolute atomic E-state index is 2.62. The van der Waals surface area contributed by atoms with Crippen LogP contribution in [-0.4, -0.2) is 12.1 Å². The minimum absolute atomic E-state index is 0.125. The standard InChI is InChI=1S/C79H68N2/c1-3-59(35-34-58(2)80(75-46-40-68(41-47-75)60-22-10-4-11-23-60)78-54-71(62-26-14-6-15-27-62)52-72(55-78)63-28-16-7-17-29-63)66-36-38-67(39-37-66)70-44-50-77(51-45-70)81(76-48-42-69(43-49-76)61-24-12-5-13-25-61)79-56-73(64-30-18-8-19-31-64)53-74(57-79)65-32-20-9-21-33-65/h4-42,44-46,48,50,52-57,75,77H,3,43,47,49,51H2,1-2H3/b58-34+,59-35+. The first kappa shape index (κ1) is 52.2. The molecule has 81 heavy (non-hydrogen) atoms. The first-order valence-corrected chi connectivity index (χ1v) is 28.9. The Morgan fingerprint density at radius 1 is 0.407 bits per heavy atom. The van der Waals surface area contributed by atoms with Crippen molar-refractivity contribution < 1.29 is 0 Å². The highest BCUT2D eigenvalue weighted by atomic mass is 15.2. The van der Waals surface area contributed by atoms with Gasteiger partial charge < -0.3 is 9.80 Å². The molecular weight excluding hydrogens is 977 g/mol. The summed E-state index contributed by atoms with van der Waals surface area (Å²) in [5, 5.41) is 0. The largest absolute Gasteiger partial charge is 0.338 e. The van der Waals surface area contributed by atoms with Gasteiger partial charge in [0, 0.05) is 22.8 Å². The van der Waals surface area contributed by atoms with Gasteiger partial charge in [-0.05, 0) is 177 Å². The smallest absolute Gasteiger partial charge is 0.0557 e. The molecule has 2 unspecified atom stereocenters. The van der Waals surface area contributed by atoms with E-state index >= 15 is 0 Å². The third-order valence-electron chi connectivity index (χ3n) is 16.2. The van der Waals surface area contributed by atoms with Crippen LogP contribution in [0.3, 0.4) is 0 Å². The minimum Gasteiger partial charge on any atom is -0.338 e. The van der Waals surface area contributed by atoms with Crippen LogP contribution < -0.4 is 9.80 Å². The minimum atomic E-state index is 0.125. The van der Waals surface area contributed by atoms with Crippen molar-refractivity contribution in [2.24, 2.45) is 0 Å². The van der Waals surface area contributed by atoms with Gasteiger partial charge in [-0.2, -0.15) is 0 Å². The molecule has 0 aliphatic heterocycles. The molecule has 394 valence electrons. The summed E-state index contributed by atoms with van der Waals surface area (Å²) in [7, 11) is 0. The molecule has 3 aliphatic carbocycles. The van der Waals surface area contributed by atoms with Crippen molar-refractivity contribution in [2.45, 2.75) is 58.0 Å².